The summed E-state index contributed by atoms with van der Waals surface area (Å²) in [4.78, 5) is 42.9. The first-order chi connectivity index (χ1) is 16.2. The molecule has 3 rings (SSSR count). The predicted octanol–water partition coefficient (Wildman–Crippen LogP) is 3.58. The van der Waals surface area contributed by atoms with Crippen molar-refractivity contribution in [3.8, 4) is 0 Å². The lowest BCUT2D eigenvalue weighted by Gasteiger charge is -2.37. The molecular weight excluding hydrogens is 432 g/mol. The van der Waals surface area contributed by atoms with Crippen LogP contribution in [0, 0.1) is 20.8 Å². The van der Waals surface area contributed by atoms with Gasteiger partial charge in [0.2, 0.25) is 5.91 Å². The summed E-state index contributed by atoms with van der Waals surface area (Å²) in [7, 11) is 0. The summed E-state index contributed by atoms with van der Waals surface area (Å²) < 4.78 is 5.54. The Labute approximate surface area is 201 Å². The minimum absolute atomic E-state index is 0.114. The van der Waals surface area contributed by atoms with Crippen molar-refractivity contribution in [2.24, 2.45) is 0 Å². The Kier molecular flexibility index (Phi) is 8.50. The molecule has 2 amide bonds. The van der Waals surface area contributed by atoms with Crippen LogP contribution in [0.3, 0.4) is 0 Å². The lowest BCUT2D eigenvalue weighted by Crippen LogP contribution is -2.40. The normalized spacial score (nSPS) is 14.0. The highest BCUT2D eigenvalue weighted by molar-refractivity contribution is 6.00. The van der Waals surface area contributed by atoms with Crippen LogP contribution in [0.1, 0.15) is 65.9 Å². The topological polar surface area (TPSA) is 104 Å². The molecule has 0 bridgehead atoms. The van der Waals surface area contributed by atoms with Crippen molar-refractivity contribution in [2.45, 2.75) is 66.5 Å². The molecule has 2 aromatic rings. The van der Waals surface area contributed by atoms with Gasteiger partial charge in [0.25, 0.3) is 11.5 Å². The van der Waals surface area contributed by atoms with Crippen molar-refractivity contribution in [3.05, 3.63) is 56.5 Å². The van der Waals surface area contributed by atoms with Gasteiger partial charge < -0.3 is 25.3 Å². The number of carbonyl (C=O) groups is 2. The molecule has 0 unspecified atom stereocenters. The fraction of sp³-hybridized carbons (Fsp3) is 0.500. The Hall–Kier alpha value is -3.13. The molecule has 184 valence electrons. The van der Waals surface area contributed by atoms with Gasteiger partial charge >= 0.3 is 0 Å². The molecule has 8 heteroatoms. The number of benzene rings is 1. The van der Waals surface area contributed by atoms with Gasteiger partial charge in [-0.05, 0) is 69.9 Å². The molecule has 0 atom stereocenters. The number of nitrogens with one attached hydrogen (secondary N) is 3. The van der Waals surface area contributed by atoms with Gasteiger partial charge in [-0.3, -0.25) is 14.4 Å². The van der Waals surface area contributed by atoms with E-state index in [0.717, 1.165) is 41.9 Å². The molecule has 1 aliphatic heterocycles. The smallest absolute Gasteiger partial charge is 0.253 e. The monoisotopic (exact) mass is 468 g/mol. The molecule has 2 heterocycles. The number of hydrogen-bond donors (Lipinski definition) is 3. The van der Waals surface area contributed by atoms with Gasteiger partial charge in [-0.15, -0.1) is 0 Å². The second-order valence-corrected chi connectivity index (χ2v) is 8.82. The lowest BCUT2D eigenvalue weighted by atomic mass is 9.99. The van der Waals surface area contributed by atoms with Crippen molar-refractivity contribution in [1.82, 2.24) is 10.3 Å². The SMILES string of the molecule is CCC(=O)Nc1cc(C(=O)NCc2c(C)cc(C)[nH]c2=O)c(C)c(N(CC)C2CCOCC2)c1. The summed E-state index contributed by atoms with van der Waals surface area (Å²) in [6.07, 6.45) is 2.17. The minimum atomic E-state index is -0.284. The molecule has 0 spiro atoms. The quantitative estimate of drug-likeness (QED) is 0.549. The average molecular weight is 469 g/mol. The standard InChI is InChI=1S/C26H36N4O4/c1-6-24(31)29-19-13-21(25(32)27-15-22-16(3)12-17(4)28-26(22)33)18(5)23(14-19)30(7-2)20-8-10-34-11-9-20/h12-14,20H,6-11,15H2,1-5H3,(H,27,32)(H,28,33)(H,29,31). The van der Waals surface area contributed by atoms with Crippen LogP contribution in [0.15, 0.2) is 23.0 Å². The molecule has 0 radical (unpaired) electrons. The van der Waals surface area contributed by atoms with Crippen molar-refractivity contribution in [1.29, 1.82) is 0 Å². The number of amides is 2. The maximum Gasteiger partial charge on any atom is 0.253 e. The Morgan fingerprint density at radius 1 is 1.12 bits per heavy atom. The molecule has 3 N–H and O–H groups in total. The van der Waals surface area contributed by atoms with Gasteiger partial charge in [0.05, 0.1) is 0 Å². The minimum Gasteiger partial charge on any atom is -0.381 e. The van der Waals surface area contributed by atoms with Gasteiger partial charge in [-0.1, -0.05) is 6.92 Å². The Morgan fingerprint density at radius 2 is 1.82 bits per heavy atom. The summed E-state index contributed by atoms with van der Waals surface area (Å²) in [6.45, 7) is 11.8. The number of aromatic amines is 1. The number of rotatable bonds is 8. The van der Waals surface area contributed by atoms with E-state index in [1.807, 2.05) is 32.9 Å². The lowest BCUT2D eigenvalue weighted by molar-refractivity contribution is -0.115. The second kappa shape index (κ2) is 11.3. The summed E-state index contributed by atoms with van der Waals surface area (Å²) in [5, 5.41) is 5.81. The van der Waals surface area contributed by atoms with Gasteiger partial charge in [-0.25, -0.2) is 0 Å². The first kappa shape index (κ1) is 25.5. The fourth-order valence-electron chi connectivity index (χ4n) is 4.54. The third-order valence-corrected chi connectivity index (χ3v) is 6.43. The van der Waals surface area contributed by atoms with E-state index in [1.54, 1.807) is 13.0 Å². The van der Waals surface area contributed by atoms with E-state index in [4.69, 9.17) is 4.74 Å². The first-order valence-electron chi connectivity index (χ1n) is 12.0. The second-order valence-electron chi connectivity index (χ2n) is 8.82. The van der Waals surface area contributed by atoms with Crippen molar-refractivity contribution < 1.29 is 14.3 Å². The number of carbonyl (C=O) groups excluding carboxylic acids is 2. The molecule has 1 aromatic carbocycles. The largest absolute Gasteiger partial charge is 0.381 e. The van der Waals surface area contributed by atoms with E-state index in [9.17, 15) is 14.4 Å². The van der Waals surface area contributed by atoms with Gasteiger partial charge in [0.1, 0.15) is 0 Å². The van der Waals surface area contributed by atoms with Crippen LogP contribution in [0.5, 0.6) is 0 Å². The molecular formula is C26H36N4O4. The zero-order valence-corrected chi connectivity index (χ0v) is 20.8. The van der Waals surface area contributed by atoms with Crippen LogP contribution in [0.4, 0.5) is 11.4 Å². The van der Waals surface area contributed by atoms with Gasteiger partial charge in [-0.2, -0.15) is 0 Å². The Morgan fingerprint density at radius 3 is 2.44 bits per heavy atom. The average Bonchev–Trinajstić information content (AvgIpc) is 2.81. The van der Waals surface area contributed by atoms with E-state index < -0.39 is 0 Å². The molecule has 34 heavy (non-hydrogen) atoms. The maximum absolute atomic E-state index is 13.3. The number of anilines is 2. The van der Waals surface area contributed by atoms with Crippen molar-refractivity contribution in [2.75, 3.05) is 30.0 Å². The molecule has 8 nitrogen and oxygen atoms in total. The van der Waals surface area contributed by atoms with Gasteiger partial charge in [0.15, 0.2) is 0 Å². The zero-order valence-electron chi connectivity index (χ0n) is 20.8. The number of H-pyrrole nitrogens is 1. The molecule has 0 saturated carbocycles. The third kappa shape index (κ3) is 5.86. The van der Waals surface area contributed by atoms with E-state index in [1.165, 1.54) is 0 Å². The number of aryl methyl sites for hydroxylation is 2. The van der Waals surface area contributed by atoms with Crippen LogP contribution in [0.2, 0.25) is 0 Å². The molecule has 1 fully saturated rings. The highest BCUT2D eigenvalue weighted by Gasteiger charge is 2.25. The maximum atomic E-state index is 13.3. The number of nitrogens with zero attached hydrogens (tertiary/aromatic N) is 1. The van der Waals surface area contributed by atoms with E-state index in [0.29, 0.717) is 42.5 Å². The van der Waals surface area contributed by atoms with Crippen LogP contribution < -0.4 is 21.1 Å². The molecule has 1 aromatic heterocycles. The summed E-state index contributed by atoms with van der Waals surface area (Å²) in [5.74, 6) is -0.397. The Bertz CT molecular complexity index is 1100. The van der Waals surface area contributed by atoms with E-state index in [2.05, 4.69) is 27.4 Å². The molecule has 1 saturated heterocycles. The van der Waals surface area contributed by atoms with E-state index in [-0.39, 0.29) is 23.9 Å². The third-order valence-electron chi connectivity index (χ3n) is 6.43. The Balaban J connectivity index is 1.95. The van der Waals surface area contributed by atoms with Crippen LogP contribution >= 0.6 is 0 Å². The summed E-state index contributed by atoms with van der Waals surface area (Å²) >= 11 is 0. The summed E-state index contributed by atoms with van der Waals surface area (Å²) in [6, 6.07) is 5.86. The number of pyridine rings is 1. The van der Waals surface area contributed by atoms with Gasteiger partial charge in [0, 0.05) is 67.0 Å². The molecule has 0 aliphatic carbocycles. The van der Waals surface area contributed by atoms with Crippen LogP contribution in [0.25, 0.3) is 0 Å². The van der Waals surface area contributed by atoms with Crippen molar-refractivity contribution in [3.63, 3.8) is 0 Å². The summed E-state index contributed by atoms with van der Waals surface area (Å²) in [5.41, 5.74) is 4.79. The highest BCUT2D eigenvalue weighted by Crippen LogP contribution is 2.32. The number of ether oxygens (including phenoxy) is 1. The predicted molar refractivity (Wildman–Crippen MR) is 135 cm³/mol. The molecule has 1 aliphatic rings. The zero-order chi connectivity index (χ0) is 24.8. The van der Waals surface area contributed by atoms with Crippen LogP contribution in [-0.2, 0) is 16.1 Å². The number of hydrogen-bond acceptors (Lipinski definition) is 5. The number of aromatic nitrogens is 1. The first-order valence-corrected chi connectivity index (χ1v) is 12.0. The van der Waals surface area contributed by atoms with Crippen molar-refractivity contribution >= 4 is 23.2 Å². The van der Waals surface area contributed by atoms with Crippen LogP contribution in [-0.4, -0.2) is 42.6 Å². The van der Waals surface area contributed by atoms with E-state index >= 15 is 0 Å². The highest BCUT2D eigenvalue weighted by atomic mass is 16.5. The fourth-order valence-corrected chi connectivity index (χ4v) is 4.54.